The highest BCUT2D eigenvalue weighted by molar-refractivity contribution is 5.45. The summed E-state index contributed by atoms with van der Waals surface area (Å²) >= 11 is 0. The van der Waals surface area contributed by atoms with Crippen molar-refractivity contribution in [1.29, 1.82) is 0 Å². The fourth-order valence-corrected chi connectivity index (χ4v) is 4.49. The molecule has 3 aromatic rings. The van der Waals surface area contributed by atoms with E-state index in [-0.39, 0.29) is 17.8 Å². The van der Waals surface area contributed by atoms with Crippen molar-refractivity contribution < 1.29 is 14.2 Å². The Morgan fingerprint density at radius 2 is 1.90 bits per heavy atom. The number of aliphatic hydroxyl groups is 1. The van der Waals surface area contributed by atoms with E-state index in [2.05, 4.69) is 15.2 Å². The Hall–Kier alpha value is -2.80. The number of aromatic nitrogens is 4. The summed E-state index contributed by atoms with van der Waals surface area (Å²) in [4.78, 5) is 4.25. The van der Waals surface area contributed by atoms with E-state index in [0.29, 0.717) is 18.7 Å². The van der Waals surface area contributed by atoms with E-state index < -0.39 is 6.10 Å². The average molecular weight is 394 g/mol. The van der Waals surface area contributed by atoms with Crippen LogP contribution >= 0.6 is 0 Å². The summed E-state index contributed by atoms with van der Waals surface area (Å²) in [5.74, 6) is 2.27. The molecule has 0 radical (unpaired) electrons. The van der Waals surface area contributed by atoms with Gasteiger partial charge in [-0.15, -0.1) is 10.2 Å². The monoisotopic (exact) mass is 394 g/mol. The minimum atomic E-state index is -0.587. The van der Waals surface area contributed by atoms with E-state index in [4.69, 9.17) is 4.74 Å². The number of aliphatic hydroxyl groups excluding tert-OH is 1. The number of hydrogen-bond donors (Lipinski definition) is 1. The molecule has 29 heavy (non-hydrogen) atoms. The zero-order chi connectivity index (χ0) is 19.8. The van der Waals surface area contributed by atoms with Crippen LogP contribution in [0.25, 0.3) is 5.69 Å². The number of benzene rings is 1. The summed E-state index contributed by atoms with van der Waals surface area (Å²) < 4.78 is 21.8. The Kier molecular flexibility index (Phi) is 4.75. The van der Waals surface area contributed by atoms with E-state index in [1.54, 1.807) is 12.3 Å². The van der Waals surface area contributed by atoms with Gasteiger partial charge in [-0.3, -0.25) is 4.57 Å². The van der Waals surface area contributed by atoms with Crippen molar-refractivity contribution in [2.45, 2.75) is 56.7 Å². The normalized spacial score (nSPS) is 23.7. The van der Waals surface area contributed by atoms with Gasteiger partial charge in [0.25, 0.3) is 0 Å². The van der Waals surface area contributed by atoms with Crippen LogP contribution in [-0.4, -0.2) is 37.1 Å². The smallest absolute Gasteiger partial charge is 0.213 e. The van der Waals surface area contributed by atoms with Crippen molar-refractivity contribution in [2.75, 3.05) is 0 Å². The van der Waals surface area contributed by atoms with Gasteiger partial charge in [-0.05, 0) is 55.5 Å². The summed E-state index contributed by atoms with van der Waals surface area (Å²) in [6, 6.07) is 10.4. The van der Waals surface area contributed by atoms with Gasteiger partial charge >= 0.3 is 0 Å². The van der Waals surface area contributed by atoms with Gasteiger partial charge in [-0.2, -0.15) is 0 Å². The van der Waals surface area contributed by atoms with Gasteiger partial charge in [0.05, 0.1) is 11.8 Å². The largest absolute Gasteiger partial charge is 0.474 e. The number of ether oxygens (including phenoxy) is 1. The number of rotatable bonds is 3. The number of nitrogens with zero attached hydrogens (tertiary/aromatic N) is 4. The standard InChI is InChI=1S/C22H23FN4O2/c23-16-6-9-19-15(11-16)12-17(28)13-20-25-26-22(27(19)20)14-4-7-18(8-5-14)29-21-3-1-2-10-24-21/h1-3,6,9-11,14,17-18,28H,4-5,7-8,12-13H2/t14-,17?,18-. The van der Waals surface area contributed by atoms with Crippen LogP contribution in [-0.2, 0) is 12.8 Å². The zero-order valence-corrected chi connectivity index (χ0v) is 16.0. The van der Waals surface area contributed by atoms with Crippen LogP contribution in [0.3, 0.4) is 0 Å². The van der Waals surface area contributed by atoms with Crippen LogP contribution in [0.1, 0.15) is 48.8 Å². The van der Waals surface area contributed by atoms with Crippen LogP contribution < -0.4 is 4.74 Å². The van der Waals surface area contributed by atoms with Gasteiger partial charge in [0, 0.05) is 31.0 Å². The lowest BCUT2D eigenvalue weighted by Crippen LogP contribution is -2.25. The number of fused-ring (bicyclic) bond motifs is 3. The number of hydrogen-bond acceptors (Lipinski definition) is 5. The molecular formula is C22H23FN4O2. The molecule has 1 aromatic carbocycles. The van der Waals surface area contributed by atoms with Gasteiger partial charge in [0.15, 0.2) is 0 Å². The van der Waals surface area contributed by atoms with Gasteiger partial charge in [0.2, 0.25) is 5.88 Å². The first-order valence-electron chi connectivity index (χ1n) is 10.2. The Morgan fingerprint density at radius 3 is 2.69 bits per heavy atom. The van der Waals surface area contributed by atoms with Crippen LogP contribution in [0.5, 0.6) is 5.88 Å². The predicted octanol–water partition coefficient (Wildman–Crippen LogP) is 3.37. The lowest BCUT2D eigenvalue weighted by atomic mass is 9.86. The highest BCUT2D eigenvalue weighted by Crippen LogP contribution is 2.36. The molecule has 150 valence electrons. The fraction of sp³-hybridized carbons (Fsp3) is 0.409. The number of pyridine rings is 1. The minimum absolute atomic E-state index is 0.149. The second-order valence-corrected chi connectivity index (χ2v) is 7.90. The fourth-order valence-electron chi connectivity index (χ4n) is 4.49. The number of halogens is 1. The summed E-state index contributed by atoms with van der Waals surface area (Å²) in [5.41, 5.74) is 1.68. The Labute approximate surface area is 168 Å². The molecule has 1 saturated carbocycles. The van der Waals surface area contributed by atoms with Gasteiger partial charge in [-0.1, -0.05) is 6.07 Å². The highest BCUT2D eigenvalue weighted by Gasteiger charge is 2.31. The maximum atomic E-state index is 13.8. The Bertz CT molecular complexity index is 999. The van der Waals surface area contributed by atoms with E-state index in [0.717, 1.165) is 48.6 Å². The second kappa shape index (κ2) is 7.55. The molecule has 7 heteroatoms. The summed E-state index contributed by atoms with van der Waals surface area (Å²) in [5, 5.41) is 19.2. The van der Waals surface area contributed by atoms with Crippen LogP contribution in [0, 0.1) is 5.82 Å². The first-order chi connectivity index (χ1) is 14.2. The molecule has 0 spiro atoms. The third kappa shape index (κ3) is 3.62. The Morgan fingerprint density at radius 1 is 1.03 bits per heavy atom. The summed E-state index contributed by atoms with van der Waals surface area (Å²) in [6.45, 7) is 0. The van der Waals surface area contributed by atoms with Crippen LogP contribution in [0.2, 0.25) is 0 Å². The van der Waals surface area contributed by atoms with Crippen molar-refractivity contribution in [3.05, 3.63) is 65.6 Å². The minimum Gasteiger partial charge on any atom is -0.474 e. The molecule has 1 aliphatic heterocycles. The lowest BCUT2D eigenvalue weighted by Gasteiger charge is -2.28. The molecule has 2 aliphatic rings. The van der Waals surface area contributed by atoms with Crippen molar-refractivity contribution >= 4 is 0 Å². The maximum Gasteiger partial charge on any atom is 0.213 e. The summed E-state index contributed by atoms with van der Waals surface area (Å²) in [7, 11) is 0. The van der Waals surface area contributed by atoms with Crippen molar-refractivity contribution in [3.8, 4) is 11.6 Å². The molecular weight excluding hydrogens is 371 g/mol. The average Bonchev–Trinajstić information content (AvgIpc) is 3.06. The van der Waals surface area contributed by atoms with Crippen LogP contribution in [0.4, 0.5) is 4.39 Å². The zero-order valence-electron chi connectivity index (χ0n) is 16.0. The van der Waals surface area contributed by atoms with Crippen molar-refractivity contribution in [1.82, 2.24) is 19.7 Å². The molecule has 0 bridgehead atoms. The third-order valence-electron chi connectivity index (χ3n) is 5.88. The molecule has 1 unspecified atom stereocenters. The third-order valence-corrected chi connectivity index (χ3v) is 5.88. The maximum absolute atomic E-state index is 13.8. The van der Waals surface area contributed by atoms with E-state index >= 15 is 0 Å². The van der Waals surface area contributed by atoms with Crippen molar-refractivity contribution in [2.24, 2.45) is 0 Å². The van der Waals surface area contributed by atoms with Gasteiger partial charge in [-0.25, -0.2) is 9.37 Å². The SMILES string of the molecule is OC1Cc2cc(F)ccc2-n2c(nnc2[C@H]2CC[C@H](Oc3ccccn3)CC2)C1. The summed E-state index contributed by atoms with van der Waals surface area (Å²) in [6.07, 6.45) is 5.85. The molecule has 3 heterocycles. The molecule has 0 saturated heterocycles. The lowest BCUT2D eigenvalue weighted by molar-refractivity contribution is 0.139. The van der Waals surface area contributed by atoms with Crippen molar-refractivity contribution in [3.63, 3.8) is 0 Å². The topological polar surface area (TPSA) is 73.1 Å². The molecule has 5 rings (SSSR count). The molecule has 1 aliphatic carbocycles. The van der Waals surface area contributed by atoms with E-state index in [1.165, 1.54) is 12.1 Å². The van der Waals surface area contributed by atoms with E-state index in [1.807, 2.05) is 22.8 Å². The molecule has 1 fully saturated rings. The van der Waals surface area contributed by atoms with Gasteiger partial charge < -0.3 is 9.84 Å². The first-order valence-corrected chi connectivity index (χ1v) is 10.2. The molecule has 6 nitrogen and oxygen atoms in total. The Balaban J connectivity index is 1.38. The van der Waals surface area contributed by atoms with Gasteiger partial charge in [0.1, 0.15) is 23.6 Å². The molecule has 0 amide bonds. The predicted molar refractivity (Wildman–Crippen MR) is 105 cm³/mol. The molecule has 1 atom stereocenters. The second-order valence-electron chi connectivity index (χ2n) is 7.90. The van der Waals surface area contributed by atoms with E-state index in [9.17, 15) is 9.50 Å². The molecule has 1 N–H and O–H groups in total. The first kappa shape index (κ1) is 18.2. The quantitative estimate of drug-likeness (QED) is 0.737. The highest BCUT2D eigenvalue weighted by atomic mass is 19.1. The van der Waals surface area contributed by atoms with Crippen LogP contribution in [0.15, 0.2) is 42.6 Å². The molecule has 2 aromatic heterocycles.